The number of aryl methyl sites for hydroxylation is 1. The molecule has 3 N–H and O–H groups in total. The summed E-state index contributed by atoms with van der Waals surface area (Å²) in [7, 11) is 1.78. The third kappa shape index (κ3) is 3.21. The van der Waals surface area contributed by atoms with Gasteiger partial charge in [-0.1, -0.05) is 0 Å². The predicted octanol–water partition coefficient (Wildman–Crippen LogP) is 0.530. The highest BCUT2D eigenvalue weighted by molar-refractivity contribution is 5.93. The van der Waals surface area contributed by atoms with Crippen LogP contribution in [0, 0.1) is 0 Å². The van der Waals surface area contributed by atoms with E-state index in [9.17, 15) is 9.90 Å². The van der Waals surface area contributed by atoms with Crippen LogP contribution < -0.4 is 15.4 Å². The monoisotopic (exact) mass is 250 g/mol. The first-order valence-electron chi connectivity index (χ1n) is 6.07. The molecule has 0 aliphatic carbocycles. The van der Waals surface area contributed by atoms with Gasteiger partial charge in [-0.05, 0) is 37.2 Å². The Morgan fingerprint density at radius 1 is 1.50 bits per heavy atom. The van der Waals surface area contributed by atoms with Gasteiger partial charge < -0.3 is 20.5 Å². The number of benzene rings is 1. The van der Waals surface area contributed by atoms with Gasteiger partial charge in [0.1, 0.15) is 18.5 Å². The zero-order valence-corrected chi connectivity index (χ0v) is 10.4. The third-order valence-corrected chi connectivity index (χ3v) is 2.85. The number of carbonyl (C=O) groups is 1. The number of hydrogen-bond donors (Lipinski definition) is 3. The van der Waals surface area contributed by atoms with Crippen molar-refractivity contribution in [1.82, 2.24) is 5.32 Å². The zero-order valence-electron chi connectivity index (χ0n) is 10.4. The summed E-state index contributed by atoms with van der Waals surface area (Å²) >= 11 is 0. The molecular weight excluding hydrogens is 232 g/mol. The number of aliphatic hydroxyl groups excluding tert-OH is 1. The van der Waals surface area contributed by atoms with Gasteiger partial charge in [0.15, 0.2) is 0 Å². The number of aliphatic hydroxyl groups is 1. The summed E-state index contributed by atoms with van der Waals surface area (Å²) in [6.45, 7) is 0.757. The number of rotatable bonds is 5. The van der Waals surface area contributed by atoms with E-state index in [0.29, 0.717) is 13.0 Å². The van der Waals surface area contributed by atoms with Crippen LogP contribution in [0.1, 0.15) is 12.0 Å². The van der Waals surface area contributed by atoms with Gasteiger partial charge in [-0.25, -0.2) is 0 Å². The maximum Gasteiger partial charge on any atom is 0.224 e. The van der Waals surface area contributed by atoms with Gasteiger partial charge in [0.25, 0.3) is 0 Å². The number of hydrogen-bond acceptors (Lipinski definition) is 4. The molecule has 2 rings (SSSR count). The number of ether oxygens (including phenoxy) is 1. The van der Waals surface area contributed by atoms with Crippen molar-refractivity contribution in [3.63, 3.8) is 0 Å². The Morgan fingerprint density at radius 2 is 2.33 bits per heavy atom. The van der Waals surface area contributed by atoms with Gasteiger partial charge in [-0.2, -0.15) is 0 Å². The van der Waals surface area contributed by atoms with E-state index < -0.39 is 6.10 Å². The van der Waals surface area contributed by atoms with Crippen molar-refractivity contribution in [2.75, 3.05) is 25.5 Å². The lowest BCUT2D eigenvalue weighted by Crippen LogP contribution is -2.29. The summed E-state index contributed by atoms with van der Waals surface area (Å²) in [5.74, 6) is 0.778. The van der Waals surface area contributed by atoms with E-state index in [4.69, 9.17) is 4.74 Å². The van der Waals surface area contributed by atoms with Crippen LogP contribution in [0.2, 0.25) is 0 Å². The molecule has 0 spiro atoms. The molecule has 18 heavy (non-hydrogen) atoms. The zero-order chi connectivity index (χ0) is 13.0. The second kappa shape index (κ2) is 5.84. The normalized spacial score (nSPS) is 15.8. The van der Waals surface area contributed by atoms with Gasteiger partial charge in [-0.3, -0.25) is 4.79 Å². The molecule has 1 atom stereocenters. The molecule has 0 bridgehead atoms. The Morgan fingerprint density at radius 3 is 3.11 bits per heavy atom. The Balaban J connectivity index is 1.97. The molecule has 1 amide bonds. The molecule has 1 unspecified atom stereocenters. The summed E-state index contributed by atoms with van der Waals surface area (Å²) in [4.78, 5) is 11.2. The van der Waals surface area contributed by atoms with Crippen molar-refractivity contribution < 1.29 is 14.6 Å². The fourth-order valence-electron chi connectivity index (χ4n) is 1.94. The van der Waals surface area contributed by atoms with Crippen LogP contribution in [-0.4, -0.2) is 37.3 Å². The molecule has 0 radical (unpaired) electrons. The van der Waals surface area contributed by atoms with E-state index >= 15 is 0 Å². The number of fused-ring (bicyclic) bond motifs is 1. The highest BCUT2D eigenvalue weighted by Crippen LogP contribution is 2.26. The molecule has 5 heteroatoms. The van der Waals surface area contributed by atoms with Crippen LogP contribution in [0.5, 0.6) is 5.75 Å². The summed E-state index contributed by atoms with van der Waals surface area (Å²) in [5, 5.41) is 15.2. The quantitative estimate of drug-likeness (QED) is 0.713. The summed E-state index contributed by atoms with van der Waals surface area (Å²) < 4.78 is 5.51. The van der Waals surface area contributed by atoms with E-state index in [1.165, 1.54) is 0 Å². The largest absolute Gasteiger partial charge is 0.491 e. The highest BCUT2D eigenvalue weighted by Gasteiger charge is 2.15. The third-order valence-electron chi connectivity index (χ3n) is 2.85. The van der Waals surface area contributed by atoms with Crippen molar-refractivity contribution in [2.45, 2.75) is 18.9 Å². The van der Waals surface area contributed by atoms with E-state index in [2.05, 4.69) is 10.6 Å². The smallest absolute Gasteiger partial charge is 0.224 e. The van der Waals surface area contributed by atoms with Crippen LogP contribution in [0.3, 0.4) is 0 Å². The second-order valence-corrected chi connectivity index (χ2v) is 4.39. The lowest BCUT2D eigenvalue weighted by molar-refractivity contribution is -0.116. The van der Waals surface area contributed by atoms with Gasteiger partial charge in [0, 0.05) is 18.7 Å². The van der Waals surface area contributed by atoms with E-state index in [1.54, 1.807) is 13.1 Å². The fraction of sp³-hybridized carbons (Fsp3) is 0.462. The topological polar surface area (TPSA) is 70.6 Å². The summed E-state index contributed by atoms with van der Waals surface area (Å²) in [6.07, 6.45) is 0.724. The first kappa shape index (κ1) is 12.9. The van der Waals surface area contributed by atoms with Crippen molar-refractivity contribution in [3.8, 4) is 5.75 Å². The van der Waals surface area contributed by atoms with E-state index in [0.717, 1.165) is 23.4 Å². The molecule has 1 aromatic carbocycles. The SMILES string of the molecule is CNCC(O)COc1ccc2c(c1)CCC(=O)N2. The minimum absolute atomic E-state index is 0.0561. The van der Waals surface area contributed by atoms with Crippen molar-refractivity contribution >= 4 is 11.6 Å². The molecule has 1 aliphatic heterocycles. The van der Waals surface area contributed by atoms with E-state index in [1.807, 2.05) is 12.1 Å². The predicted molar refractivity (Wildman–Crippen MR) is 68.8 cm³/mol. The number of amides is 1. The number of nitrogens with one attached hydrogen (secondary N) is 2. The van der Waals surface area contributed by atoms with Crippen molar-refractivity contribution in [2.24, 2.45) is 0 Å². The Kier molecular flexibility index (Phi) is 4.17. The Labute approximate surface area is 106 Å². The van der Waals surface area contributed by atoms with Crippen LogP contribution in [-0.2, 0) is 11.2 Å². The lowest BCUT2D eigenvalue weighted by Gasteiger charge is -2.18. The van der Waals surface area contributed by atoms with Gasteiger partial charge in [0.05, 0.1) is 0 Å². The fourth-order valence-corrected chi connectivity index (χ4v) is 1.94. The summed E-state index contributed by atoms with van der Waals surface area (Å²) in [5.41, 5.74) is 1.93. The molecule has 1 aliphatic rings. The lowest BCUT2D eigenvalue weighted by atomic mass is 10.0. The first-order valence-corrected chi connectivity index (χ1v) is 6.07. The average Bonchev–Trinajstić information content (AvgIpc) is 2.36. The minimum Gasteiger partial charge on any atom is -0.491 e. The maximum absolute atomic E-state index is 11.2. The van der Waals surface area contributed by atoms with Crippen molar-refractivity contribution in [1.29, 1.82) is 0 Å². The maximum atomic E-state index is 11.2. The van der Waals surface area contributed by atoms with Gasteiger partial charge in [0.2, 0.25) is 5.91 Å². The number of carbonyl (C=O) groups excluding carboxylic acids is 1. The molecule has 98 valence electrons. The molecule has 0 saturated carbocycles. The second-order valence-electron chi connectivity index (χ2n) is 4.39. The van der Waals surface area contributed by atoms with Crippen molar-refractivity contribution in [3.05, 3.63) is 23.8 Å². The number of anilines is 1. The molecule has 0 saturated heterocycles. The molecule has 0 aromatic heterocycles. The molecular formula is C13H18N2O3. The van der Waals surface area contributed by atoms with Gasteiger partial charge in [-0.15, -0.1) is 0 Å². The molecule has 1 heterocycles. The van der Waals surface area contributed by atoms with E-state index in [-0.39, 0.29) is 12.5 Å². The number of likely N-dealkylation sites (N-methyl/N-ethyl adjacent to an activating group) is 1. The highest BCUT2D eigenvalue weighted by atomic mass is 16.5. The molecule has 5 nitrogen and oxygen atoms in total. The average molecular weight is 250 g/mol. The Bertz CT molecular complexity index is 434. The Hall–Kier alpha value is -1.59. The van der Waals surface area contributed by atoms with Gasteiger partial charge >= 0.3 is 0 Å². The molecule has 1 aromatic rings. The minimum atomic E-state index is -0.522. The van der Waals surface area contributed by atoms with Crippen LogP contribution in [0.4, 0.5) is 5.69 Å². The summed E-state index contributed by atoms with van der Waals surface area (Å²) in [6, 6.07) is 5.56. The standard InChI is InChI=1S/C13H18N2O3/c1-14-7-10(16)8-18-11-3-4-12-9(6-11)2-5-13(17)15-12/h3-4,6,10,14,16H,2,5,7-8H2,1H3,(H,15,17). The van der Waals surface area contributed by atoms with Crippen LogP contribution in [0.25, 0.3) is 0 Å². The molecule has 0 fully saturated rings. The first-order chi connectivity index (χ1) is 8.69. The van der Waals surface area contributed by atoms with Crippen LogP contribution >= 0.6 is 0 Å². The van der Waals surface area contributed by atoms with Crippen LogP contribution in [0.15, 0.2) is 18.2 Å².